The number of imidazole rings is 1. The van der Waals surface area contributed by atoms with Gasteiger partial charge in [0.05, 0.1) is 30.3 Å². The summed E-state index contributed by atoms with van der Waals surface area (Å²) in [6.07, 6.45) is 3.21. The average molecular weight is 504 g/mol. The Morgan fingerprint density at radius 1 is 0.943 bits per heavy atom. The molecule has 176 valence electrons. The van der Waals surface area contributed by atoms with E-state index in [1.807, 2.05) is 78.5 Å². The number of benzene rings is 3. The molecule has 0 saturated carbocycles. The topological polar surface area (TPSA) is 49.1 Å². The van der Waals surface area contributed by atoms with Crippen LogP contribution in [-0.2, 0) is 25.4 Å². The van der Waals surface area contributed by atoms with Crippen LogP contribution in [0, 0.1) is 0 Å². The second kappa shape index (κ2) is 9.70. The van der Waals surface area contributed by atoms with E-state index >= 15 is 0 Å². The Morgan fingerprint density at radius 2 is 1.74 bits per heavy atom. The molecule has 5 nitrogen and oxygen atoms in total. The van der Waals surface area contributed by atoms with E-state index in [-0.39, 0.29) is 11.7 Å². The minimum Gasteiger partial charge on any atom is -0.363 e. The third-order valence-electron chi connectivity index (χ3n) is 6.16. The maximum absolute atomic E-state index is 12.7. The molecule has 5 aromatic rings. The number of pyridine rings is 1. The van der Waals surface area contributed by atoms with E-state index < -0.39 is 0 Å². The van der Waals surface area contributed by atoms with Gasteiger partial charge in [-0.3, -0.25) is 4.79 Å². The maximum Gasteiger partial charge on any atom is 0.251 e. The van der Waals surface area contributed by atoms with Gasteiger partial charge < -0.3 is 13.9 Å². The van der Waals surface area contributed by atoms with Crippen molar-refractivity contribution in [3.05, 3.63) is 123 Å². The summed E-state index contributed by atoms with van der Waals surface area (Å²) in [4.78, 5) is 17.0. The van der Waals surface area contributed by atoms with E-state index in [4.69, 9.17) is 27.9 Å². The summed E-state index contributed by atoms with van der Waals surface area (Å²) in [6, 6.07) is 22.9. The van der Waals surface area contributed by atoms with Crippen molar-refractivity contribution in [3.8, 4) is 11.1 Å². The lowest BCUT2D eigenvalue weighted by Gasteiger charge is -2.21. The zero-order chi connectivity index (χ0) is 24.5. The van der Waals surface area contributed by atoms with Gasteiger partial charge in [0.2, 0.25) is 0 Å². The number of aryl methyl sites for hydroxylation is 2. The monoisotopic (exact) mass is 503 g/mol. The minimum absolute atomic E-state index is 0.0811. The van der Waals surface area contributed by atoms with Gasteiger partial charge in [-0.05, 0) is 58.7 Å². The van der Waals surface area contributed by atoms with Crippen LogP contribution in [0.4, 0.5) is 0 Å². The molecule has 0 spiro atoms. The summed E-state index contributed by atoms with van der Waals surface area (Å²) in [7, 11) is 3.73. The smallest absolute Gasteiger partial charge is 0.251 e. The van der Waals surface area contributed by atoms with E-state index in [2.05, 4.69) is 11.1 Å². The lowest BCUT2D eigenvalue weighted by atomic mass is 9.97. The average Bonchev–Trinajstić information content (AvgIpc) is 3.28. The highest BCUT2D eigenvalue weighted by molar-refractivity contribution is 6.31. The first-order valence-corrected chi connectivity index (χ1v) is 11.9. The first-order chi connectivity index (χ1) is 16.9. The fourth-order valence-electron chi connectivity index (χ4n) is 4.27. The summed E-state index contributed by atoms with van der Waals surface area (Å²) >= 11 is 12.3. The maximum atomic E-state index is 12.7. The molecule has 0 aliphatic carbocycles. The van der Waals surface area contributed by atoms with Crippen LogP contribution >= 0.6 is 23.2 Å². The molecule has 2 heterocycles. The lowest BCUT2D eigenvalue weighted by molar-refractivity contribution is 0.0623. The third kappa shape index (κ3) is 4.76. The van der Waals surface area contributed by atoms with Gasteiger partial charge in [0.1, 0.15) is 6.10 Å². The molecule has 0 bridgehead atoms. The molecule has 0 amide bonds. The number of ether oxygens (including phenoxy) is 1. The van der Waals surface area contributed by atoms with Crippen LogP contribution in [0.5, 0.6) is 0 Å². The molecule has 1 atom stereocenters. The number of rotatable bonds is 6. The molecule has 1 unspecified atom stereocenters. The standard InChI is InChI=1S/C28H23Cl2N3O2/c1-32-17-31-15-26(32)28(35-16-18-6-9-21(29)10-7-18)20-8-11-25-24(13-20)23(14-27(34)33(25)2)19-4-3-5-22(30)12-19/h3-15,17,28H,16H2,1-2H3. The van der Waals surface area contributed by atoms with Crippen LogP contribution in [0.15, 0.2) is 90.1 Å². The number of hydrogen-bond donors (Lipinski definition) is 0. The van der Waals surface area contributed by atoms with E-state index in [9.17, 15) is 4.79 Å². The Labute approximate surface area is 213 Å². The van der Waals surface area contributed by atoms with Crippen LogP contribution in [-0.4, -0.2) is 14.1 Å². The van der Waals surface area contributed by atoms with Gasteiger partial charge in [-0.25, -0.2) is 4.98 Å². The number of aromatic nitrogens is 3. The van der Waals surface area contributed by atoms with E-state index in [0.29, 0.717) is 16.7 Å². The second-order valence-electron chi connectivity index (χ2n) is 8.49. The van der Waals surface area contributed by atoms with Crippen molar-refractivity contribution in [1.82, 2.24) is 14.1 Å². The Bertz CT molecular complexity index is 1570. The SMILES string of the molecule is Cn1cncc1C(OCc1ccc(Cl)cc1)c1ccc2c(c1)c(-c1cccc(Cl)c1)cc(=O)n2C. The van der Waals surface area contributed by atoms with Crippen LogP contribution in [0.3, 0.4) is 0 Å². The van der Waals surface area contributed by atoms with Gasteiger partial charge in [0.15, 0.2) is 0 Å². The summed E-state index contributed by atoms with van der Waals surface area (Å²) < 4.78 is 10.1. The molecule has 7 heteroatoms. The van der Waals surface area contributed by atoms with Crippen LogP contribution in [0.1, 0.15) is 22.9 Å². The molecular formula is C28H23Cl2N3O2. The molecular weight excluding hydrogens is 481 g/mol. The zero-order valence-corrected chi connectivity index (χ0v) is 20.8. The van der Waals surface area contributed by atoms with E-state index in [0.717, 1.165) is 38.9 Å². The molecule has 0 aliphatic rings. The van der Waals surface area contributed by atoms with Crippen LogP contribution in [0.2, 0.25) is 10.0 Å². The summed E-state index contributed by atoms with van der Waals surface area (Å²) in [5, 5.41) is 2.24. The minimum atomic E-state index is -0.368. The normalized spacial score (nSPS) is 12.2. The quantitative estimate of drug-likeness (QED) is 0.264. The Hall–Kier alpha value is -3.38. The van der Waals surface area contributed by atoms with Gasteiger partial charge in [-0.2, -0.15) is 0 Å². The van der Waals surface area contributed by atoms with Gasteiger partial charge in [-0.1, -0.05) is 53.5 Å². The highest BCUT2D eigenvalue weighted by Crippen LogP contribution is 2.34. The van der Waals surface area contributed by atoms with Crippen LogP contribution < -0.4 is 5.56 Å². The first-order valence-electron chi connectivity index (χ1n) is 11.1. The van der Waals surface area contributed by atoms with E-state index in [1.54, 1.807) is 24.0 Å². The van der Waals surface area contributed by atoms with Gasteiger partial charge in [0.25, 0.3) is 5.56 Å². The molecule has 0 saturated heterocycles. The predicted octanol–water partition coefficient (Wildman–Crippen LogP) is 6.55. The molecule has 0 radical (unpaired) electrons. The molecule has 5 rings (SSSR count). The second-order valence-corrected chi connectivity index (χ2v) is 9.36. The van der Waals surface area contributed by atoms with Crippen molar-refractivity contribution in [2.75, 3.05) is 0 Å². The van der Waals surface area contributed by atoms with E-state index in [1.165, 1.54) is 0 Å². The highest BCUT2D eigenvalue weighted by Gasteiger charge is 2.20. The Morgan fingerprint density at radius 3 is 2.46 bits per heavy atom. The summed E-state index contributed by atoms with van der Waals surface area (Å²) in [5.41, 5.74) is 5.36. The molecule has 35 heavy (non-hydrogen) atoms. The van der Waals surface area contributed by atoms with Gasteiger partial charge in [0, 0.05) is 35.6 Å². The zero-order valence-electron chi connectivity index (χ0n) is 19.3. The van der Waals surface area contributed by atoms with Crippen molar-refractivity contribution in [2.24, 2.45) is 14.1 Å². The Kier molecular flexibility index (Phi) is 6.48. The predicted molar refractivity (Wildman–Crippen MR) is 141 cm³/mol. The fraction of sp³-hybridized carbons (Fsp3) is 0.143. The number of halogens is 2. The van der Waals surface area contributed by atoms with Crippen molar-refractivity contribution in [3.63, 3.8) is 0 Å². The van der Waals surface area contributed by atoms with Crippen molar-refractivity contribution < 1.29 is 4.74 Å². The molecule has 0 aliphatic heterocycles. The number of hydrogen-bond acceptors (Lipinski definition) is 3. The molecule has 0 fully saturated rings. The highest BCUT2D eigenvalue weighted by atomic mass is 35.5. The first kappa shape index (κ1) is 23.4. The Balaban J connectivity index is 1.64. The molecule has 2 aromatic heterocycles. The molecule has 0 N–H and O–H groups in total. The lowest BCUT2D eigenvalue weighted by Crippen LogP contribution is -2.17. The van der Waals surface area contributed by atoms with Crippen LogP contribution in [0.25, 0.3) is 22.0 Å². The summed E-state index contributed by atoms with van der Waals surface area (Å²) in [6.45, 7) is 0.402. The largest absolute Gasteiger partial charge is 0.363 e. The van der Waals surface area contributed by atoms with Crippen molar-refractivity contribution >= 4 is 34.1 Å². The van der Waals surface area contributed by atoms with Gasteiger partial charge >= 0.3 is 0 Å². The van der Waals surface area contributed by atoms with Crippen molar-refractivity contribution in [1.29, 1.82) is 0 Å². The molecule has 3 aromatic carbocycles. The van der Waals surface area contributed by atoms with Crippen molar-refractivity contribution in [2.45, 2.75) is 12.7 Å². The number of nitrogens with zero attached hydrogens (tertiary/aromatic N) is 3. The fourth-order valence-corrected chi connectivity index (χ4v) is 4.59. The third-order valence-corrected chi connectivity index (χ3v) is 6.65. The number of fused-ring (bicyclic) bond motifs is 1. The summed E-state index contributed by atoms with van der Waals surface area (Å²) in [5.74, 6) is 0. The van der Waals surface area contributed by atoms with Gasteiger partial charge in [-0.15, -0.1) is 0 Å².